The predicted molar refractivity (Wildman–Crippen MR) is 117 cm³/mol. The third kappa shape index (κ3) is 6.73. The quantitative estimate of drug-likeness (QED) is 0.636. The number of benzene rings is 1. The SMILES string of the molecule is COc1ccc(CN2CCCN(C)CC2)cc1OCCCNC(=O)c1cccs1. The fourth-order valence-electron chi connectivity index (χ4n) is 3.40. The smallest absolute Gasteiger partial charge is 0.261 e. The summed E-state index contributed by atoms with van der Waals surface area (Å²) in [6.07, 6.45) is 1.94. The monoisotopic (exact) mass is 417 g/mol. The molecule has 1 aromatic carbocycles. The van der Waals surface area contributed by atoms with E-state index in [0.717, 1.165) is 55.5 Å². The van der Waals surface area contributed by atoms with E-state index >= 15 is 0 Å². The van der Waals surface area contributed by atoms with Gasteiger partial charge in [-0.05, 0) is 62.1 Å². The van der Waals surface area contributed by atoms with Crippen molar-refractivity contribution in [3.8, 4) is 11.5 Å². The highest BCUT2D eigenvalue weighted by atomic mass is 32.1. The van der Waals surface area contributed by atoms with Gasteiger partial charge in [0.05, 0.1) is 18.6 Å². The van der Waals surface area contributed by atoms with Crippen LogP contribution in [0.4, 0.5) is 0 Å². The van der Waals surface area contributed by atoms with Crippen molar-refractivity contribution in [2.24, 2.45) is 0 Å². The average Bonchev–Trinajstić information content (AvgIpc) is 3.19. The van der Waals surface area contributed by atoms with Gasteiger partial charge in [0.25, 0.3) is 5.91 Å². The van der Waals surface area contributed by atoms with Crippen LogP contribution in [0.15, 0.2) is 35.7 Å². The Morgan fingerprint density at radius 2 is 2.07 bits per heavy atom. The van der Waals surface area contributed by atoms with Crippen LogP contribution in [0.25, 0.3) is 0 Å². The van der Waals surface area contributed by atoms with E-state index in [1.165, 1.54) is 23.3 Å². The zero-order valence-corrected chi connectivity index (χ0v) is 18.2. The number of rotatable bonds is 9. The molecular weight excluding hydrogens is 386 g/mol. The highest BCUT2D eigenvalue weighted by Crippen LogP contribution is 2.29. The van der Waals surface area contributed by atoms with Crippen molar-refractivity contribution >= 4 is 17.2 Å². The maximum Gasteiger partial charge on any atom is 0.261 e. The molecule has 1 aromatic heterocycles. The Morgan fingerprint density at radius 3 is 2.86 bits per heavy atom. The number of amides is 1. The molecule has 3 rings (SSSR count). The molecule has 1 aliphatic heterocycles. The van der Waals surface area contributed by atoms with Gasteiger partial charge in [0.2, 0.25) is 0 Å². The fraction of sp³-hybridized carbons (Fsp3) is 0.500. The van der Waals surface area contributed by atoms with Gasteiger partial charge in [-0.1, -0.05) is 12.1 Å². The maximum atomic E-state index is 11.9. The molecule has 1 N–H and O–H groups in total. The zero-order valence-electron chi connectivity index (χ0n) is 17.4. The van der Waals surface area contributed by atoms with E-state index in [-0.39, 0.29) is 5.91 Å². The first-order chi connectivity index (χ1) is 14.2. The summed E-state index contributed by atoms with van der Waals surface area (Å²) in [4.78, 5) is 17.6. The zero-order chi connectivity index (χ0) is 20.5. The first-order valence-electron chi connectivity index (χ1n) is 10.2. The minimum atomic E-state index is -0.0253. The average molecular weight is 418 g/mol. The summed E-state index contributed by atoms with van der Waals surface area (Å²) in [6.45, 7) is 6.51. The number of ether oxygens (including phenoxy) is 2. The molecule has 6 nitrogen and oxygen atoms in total. The molecule has 7 heteroatoms. The van der Waals surface area contributed by atoms with Crippen LogP contribution < -0.4 is 14.8 Å². The van der Waals surface area contributed by atoms with Crippen LogP contribution in [0.2, 0.25) is 0 Å². The molecule has 0 radical (unpaired) electrons. The van der Waals surface area contributed by atoms with Crippen molar-refractivity contribution in [3.05, 3.63) is 46.2 Å². The number of carbonyl (C=O) groups excluding carboxylic acids is 1. The van der Waals surface area contributed by atoms with Gasteiger partial charge in [-0.2, -0.15) is 0 Å². The predicted octanol–water partition coefficient (Wildman–Crippen LogP) is 3.09. The van der Waals surface area contributed by atoms with Gasteiger partial charge < -0.3 is 19.7 Å². The molecule has 2 aromatic rings. The Morgan fingerprint density at radius 1 is 1.17 bits per heavy atom. The molecule has 0 spiro atoms. The van der Waals surface area contributed by atoms with Gasteiger partial charge in [-0.3, -0.25) is 9.69 Å². The lowest BCUT2D eigenvalue weighted by Crippen LogP contribution is -2.28. The molecule has 0 bridgehead atoms. The Labute approximate surface area is 177 Å². The molecule has 0 aliphatic carbocycles. The number of hydrogen-bond donors (Lipinski definition) is 1. The van der Waals surface area contributed by atoms with Gasteiger partial charge in [0, 0.05) is 26.2 Å². The summed E-state index contributed by atoms with van der Waals surface area (Å²) >= 11 is 1.45. The third-order valence-electron chi connectivity index (χ3n) is 5.06. The number of methoxy groups -OCH3 is 1. The summed E-state index contributed by atoms with van der Waals surface area (Å²) < 4.78 is 11.4. The second-order valence-electron chi connectivity index (χ2n) is 7.35. The molecule has 29 heavy (non-hydrogen) atoms. The van der Waals surface area contributed by atoms with Crippen LogP contribution in [0, 0.1) is 0 Å². The van der Waals surface area contributed by atoms with Crippen molar-refractivity contribution in [1.82, 2.24) is 15.1 Å². The Bertz CT molecular complexity index is 767. The summed E-state index contributed by atoms with van der Waals surface area (Å²) in [5.74, 6) is 1.48. The van der Waals surface area contributed by atoms with Crippen molar-refractivity contribution < 1.29 is 14.3 Å². The highest BCUT2D eigenvalue weighted by Gasteiger charge is 2.14. The summed E-state index contributed by atoms with van der Waals surface area (Å²) in [5.41, 5.74) is 1.23. The Balaban J connectivity index is 1.47. The number of hydrogen-bond acceptors (Lipinski definition) is 6. The number of likely N-dealkylation sites (N-methyl/N-ethyl adjacent to an activating group) is 1. The highest BCUT2D eigenvalue weighted by molar-refractivity contribution is 7.12. The lowest BCUT2D eigenvalue weighted by molar-refractivity contribution is 0.0955. The van der Waals surface area contributed by atoms with Crippen molar-refractivity contribution in [2.45, 2.75) is 19.4 Å². The van der Waals surface area contributed by atoms with Crippen molar-refractivity contribution in [1.29, 1.82) is 0 Å². The number of carbonyl (C=O) groups is 1. The fourth-order valence-corrected chi connectivity index (χ4v) is 4.04. The van der Waals surface area contributed by atoms with Gasteiger partial charge in [-0.25, -0.2) is 0 Å². The summed E-state index contributed by atoms with van der Waals surface area (Å²) in [7, 11) is 3.85. The minimum absolute atomic E-state index is 0.0253. The van der Waals surface area contributed by atoms with Crippen molar-refractivity contribution in [3.63, 3.8) is 0 Å². The topological polar surface area (TPSA) is 54.0 Å². The van der Waals surface area contributed by atoms with Crippen LogP contribution in [0.3, 0.4) is 0 Å². The van der Waals surface area contributed by atoms with Crippen LogP contribution in [-0.4, -0.2) is 69.2 Å². The molecule has 0 unspecified atom stereocenters. The number of thiophene rings is 1. The first-order valence-corrected chi connectivity index (χ1v) is 11.1. The van der Waals surface area contributed by atoms with E-state index < -0.39 is 0 Å². The maximum absolute atomic E-state index is 11.9. The van der Waals surface area contributed by atoms with Gasteiger partial charge in [-0.15, -0.1) is 11.3 Å². The van der Waals surface area contributed by atoms with Crippen LogP contribution in [0.1, 0.15) is 28.1 Å². The van der Waals surface area contributed by atoms with Crippen molar-refractivity contribution in [2.75, 3.05) is 53.5 Å². The van der Waals surface area contributed by atoms with Crippen LogP contribution in [-0.2, 0) is 6.54 Å². The van der Waals surface area contributed by atoms with E-state index in [9.17, 15) is 4.79 Å². The molecule has 1 saturated heterocycles. The van der Waals surface area contributed by atoms with Gasteiger partial charge in [0.15, 0.2) is 11.5 Å². The Kier molecular flexibility index (Phi) is 8.34. The largest absolute Gasteiger partial charge is 0.493 e. The van der Waals surface area contributed by atoms with E-state index in [2.05, 4.69) is 34.3 Å². The minimum Gasteiger partial charge on any atom is -0.493 e. The van der Waals surface area contributed by atoms with E-state index in [0.29, 0.717) is 13.2 Å². The molecule has 158 valence electrons. The second kappa shape index (κ2) is 11.2. The van der Waals surface area contributed by atoms with Crippen LogP contribution >= 0.6 is 11.3 Å². The summed E-state index contributed by atoms with van der Waals surface area (Å²) in [6, 6.07) is 9.88. The lowest BCUT2D eigenvalue weighted by Gasteiger charge is -2.21. The third-order valence-corrected chi connectivity index (χ3v) is 5.92. The first kappa shape index (κ1) is 21.6. The molecule has 1 fully saturated rings. The molecule has 0 saturated carbocycles. The number of nitrogens with zero attached hydrogens (tertiary/aromatic N) is 2. The molecule has 1 aliphatic rings. The molecule has 0 atom stereocenters. The molecular formula is C22H31N3O3S. The normalized spacial score (nSPS) is 15.7. The van der Waals surface area contributed by atoms with Gasteiger partial charge >= 0.3 is 0 Å². The van der Waals surface area contributed by atoms with E-state index in [1.807, 2.05) is 23.6 Å². The Hall–Kier alpha value is -2.09. The number of nitrogens with one attached hydrogen (secondary N) is 1. The van der Waals surface area contributed by atoms with E-state index in [4.69, 9.17) is 9.47 Å². The van der Waals surface area contributed by atoms with Crippen LogP contribution in [0.5, 0.6) is 11.5 Å². The van der Waals surface area contributed by atoms with Gasteiger partial charge in [0.1, 0.15) is 0 Å². The lowest BCUT2D eigenvalue weighted by atomic mass is 10.2. The molecule has 1 amide bonds. The summed E-state index contributed by atoms with van der Waals surface area (Å²) in [5, 5.41) is 4.83. The molecule has 2 heterocycles. The second-order valence-corrected chi connectivity index (χ2v) is 8.30. The standard InChI is InChI=1S/C22H31N3O3S/c1-24-10-5-11-25(13-12-24)17-18-7-8-19(27-2)20(16-18)28-14-4-9-23-22(26)21-6-3-15-29-21/h3,6-8,15-16H,4-5,9-14,17H2,1-2H3,(H,23,26). The van der Waals surface area contributed by atoms with E-state index in [1.54, 1.807) is 7.11 Å².